The molecule has 2 fully saturated rings. The first kappa shape index (κ1) is 23.7. The van der Waals surface area contributed by atoms with Crippen LogP contribution in [0.2, 0.25) is 5.02 Å². The fourth-order valence-corrected chi connectivity index (χ4v) is 4.05. The Balaban J connectivity index is 0.00000280. The molecule has 1 saturated carbocycles. The average molecular weight is 521 g/mol. The molecular formula is C21H34ClIN4O. The Hall–Kier alpha value is -0.570. The lowest BCUT2D eigenvalue weighted by molar-refractivity contribution is -0.00254. The number of halogens is 2. The van der Waals surface area contributed by atoms with Gasteiger partial charge in [-0.1, -0.05) is 23.7 Å². The summed E-state index contributed by atoms with van der Waals surface area (Å²) in [7, 11) is 4.30. The fraction of sp³-hybridized carbons (Fsp3) is 0.667. The second-order valence-electron chi connectivity index (χ2n) is 8.07. The van der Waals surface area contributed by atoms with Crippen LogP contribution < -0.4 is 10.6 Å². The summed E-state index contributed by atoms with van der Waals surface area (Å²) in [6, 6.07) is 8.27. The van der Waals surface area contributed by atoms with E-state index >= 15 is 0 Å². The van der Waals surface area contributed by atoms with Gasteiger partial charge in [0, 0.05) is 42.3 Å². The third kappa shape index (κ3) is 5.74. The van der Waals surface area contributed by atoms with Crippen molar-refractivity contribution in [3.63, 3.8) is 0 Å². The van der Waals surface area contributed by atoms with Gasteiger partial charge >= 0.3 is 0 Å². The molecule has 2 N–H and O–H groups in total. The van der Waals surface area contributed by atoms with Gasteiger partial charge in [0.25, 0.3) is 0 Å². The second kappa shape index (κ2) is 10.5. The maximum atomic E-state index is 6.20. The molecule has 1 aliphatic carbocycles. The molecule has 28 heavy (non-hydrogen) atoms. The molecule has 1 aromatic carbocycles. The normalized spacial score (nSPS) is 20.4. The van der Waals surface area contributed by atoms with E-state index in [1.807, 2.05) is 12.1 Å². The number of aliphatic imine (C=N–C) groups is 1. The van der Waals surface area contributed by atoms with Crippen LogP contribution in [0.15, 0.2) is 29.3 Å². The lowest BCUT2D eigenvalue weighted by Crippen LogP contribution is -2.52. The minimum Gasteiger partial charge on any atom is -0.381 e. The molecule has 2 aliphatic rings. The van der Waals surface area contributed by atoms with Crippen LogP contribution in [0.5, 0.6) is 0 Å². The van der Waals surface area contributed by atoms with E-state index in [4.69, 9.17) is 21.3 Å². The Kier molecular flexibility index (Phi) is 8.85. The van der Waals surface area contributed by atoms with E-state index in [2.05, 4.69) is 48.7 Å². The summed E-state index contributed by atoms with van der Waals surface area (Å²) in [4.78, 5) is 7.26. The van der Waals surface area contributed by atoms with Crippen LogP contribution in [-0.2, 0) is 10.2 Å². The highest BCUT2D eigenvalue weighted by Crippen LogP contribution is 2.48. The quantitative estimate of drug-likeness (QED) is 0.327. The third-order valence-electron chi connectivity index (χ3n) is 6.13. The van der Waals surface area contributed by atoms with Crippen LogP contribution in [0.3, 0.4) is 0 Å². The van der Waals surface area contributed by atoms with E-state index in [0.29, 0.717) is 0 Å². The average Bonchev–Trinajstić information content (AvgIpc) is 3.46. The van der Waals surface area contributed by atoms with Crippen molar-refractivity contribution in [2.24, 2.45) is 4.99 Å². The number of nitrogens with zero attached hydrogens (tertiary/aromatic N) is 2. The van der Waals surface area contributed by atoms with Crippen LogP contribution in [0, 0.1) is 0 Å². The van der Waals surface area contributed by atoms with E-state index in [1.165, 1.54) is 18.4 Å². The molecule has 0 atom stereocenters. The maximum absolute atomic E-state index is 6.20. The lowest BCUT2D eigenvalue weighted by atomic mass is 9.89. The van der Waals surface area contributed by atoms with E-state index in [0.717, 1.165) is 56.7 Å². The van der Waals surface area contributed by atoms with Gasteiger partial charge < -0.3 is 20.3 Å². The predicted octanol–water partition coefficient (Wildman–Crippen LogP) is 3.66. The monoisotopic (exact) mass is 520 g/mol. The summed E-state index contributed by atoms with van der Waals surface area (Å²) >= 11 is 6.20. The summed E-state index contributed by atoms with van der Waals surface area (Å²) in [5.74, 6) is 0.901. The zero-order valence-electron chi connectivity index (χ0n) is 17.3. The van der Waals surface area contributed by atoms with E-state index in [-0.39, 0.29) is 34.9 Å². The molecule has 1 aliphatic heterocycles. The van der Waals surface area contributed by atoms with Gasteiger partial charge in [0.1, 0.15) is 0 Å². The minimum atomic E-state index is 0. The fourth-order valence-electron chi connectivity index (χ4n) is 3.86. The molecule has 0 spiro atoms. The zero-order chi connectivity index (χ0) is 19.3. The second-order valence-corrected chi connectivity index (χ2v) is 8.51. The molecule has 0 aromatic heterocycles. The molecule has 5 nitrogen and oxygen atoms in total. The van der Waals surface area contributed by atoms with Crippen molar-refractivity contribution in [2.45, 2.75) is 43.6 Å². The minimum absolute atomic E-state index is 0. The van der Waals surface area contributed by atoms with Crippen LogP contribution >= 0.6 is 35.6 Å². The van der Waals surface area contributed by atoms with Crippen molar-refractivity contribution in [3.05, 3.63) is 34.9 Å². The first-order chi connectivity index (χ1) is 13.0. The van der Waals surface area contributed by atoms with Gasteiger partial charge in [0.05, 0.1) is 6.54 Å². The summed E-state index contributed by atoms with van der Waals surface area (Å²) in [5, 5.41) is 7.80. The van der Waals surface area contributed by atoms with E-state index < -0.39 is 0 Å². The SMILES string of the molecule is CCNC(=NCC1(N(C)C)CCOCC1)NCC1(c2cccc(Cl)c2)CC1.I. The maximum Gasteiger partial charge on any atom is 0.191 e. The van der Waals surface area contributed by atoms with Crippen molar-refractivity contribution in [2.75, 3.05) is 46.9 Å². The van der Waals surface area contributed by atoms with Crippen LogP contribution in [-0.4, -0.2) is 63.3 Å². The van der Waals surface area contributed by atoms with Gasteiger partial charge in [-0.2, -0.15) is 0 Å². The highest BCUT2D eigenvalue weighted by atomic mass is 127. The number of nitrogens with one attached hydrogen (secondary N) is 2. The van der Waals surface area contributed by atoms with Gasteiger partial charge in [0.2, 0.25) is 0 Å². The Bertz CT molecular complexity index is 658. The molecule has 0 amide bonds. The van der Waals surface area contributed by atoms with Gasteiger partial charge in [-0.05, 0) is 64.4 Å². The Morgan fingerprint density at radius 1 is 1.18 bits per heavy atom. The lowest BCUT2D eigenvalue weighted by Gasteiger charge is -2.41. The largest absolute Gasteiger partial charge is 0.381 e. The van der Waals surface area contributed by atoms with Crippen molar-refractivity contribution < 1.29 is 4.74 Å². The predicted molar refractivity (Wildman–Crippen MR) is 128 cm³/mol. The molecule has 1 heterocycles. The smallest absolute Gasteiger partial charge is 0.191 e. The number of benzene rings is 1. The number of guanidine groups is 1. The third-order valence-corrected chi connectivity index (χ3v) is 6.37. The zero-order valence-corrected chi connectivity index (χ0v) is 20.3. The Morgan fingerprint density at radius 2 is 1.89 bits per heavy atom. The van der Waals surface area contributed by atoms with Gasteiger partial charge in [0.15, 0.2) is 5.96 Å². The van der Waals surface area contributed by atoms with Gasteiger partial charge in [-0.3, -0.25) is 4.99 Å². The highest BCUT2D eigenvalue weighted by molar-refractivity contribution is 14.0. The standard InChI is InChI=1S/C21H33ClN4O.HI/c1-4-23-19(25-16-21(26(2)3)10-12-27-13-11-21)24-15-20(8-9-20)17-6-5-7-18(22)14-17;/h5-7,14H,4,8-13,15-16H2,1-3H3,(H2,23,24,25);1H. The number of likely N-dealkylation sites (N-methyl/N-ethyl adjacent to an activating group) is 1. The number of hydrogen-bond acceptors (Lipinski definition) is 3. The van der Waals surface area contributed by atoms with Crippen molar-refractivity contribution in [1.82, 2.24) is 15.5 Å². The van der Waals surface area contributed by atoms with Crippen molar-refractivity contribution in [1.29, 1.82) is 0 Å². The van der Waals surface area contributed by atoms with Crippen molar-refractivity contribution >= 4 is 41.5 Å². The van der Waals surface area contributed by atoms with Crippen LogP contribution in [0.4, 0.5) is 0 Å². The van der Waals surface area contributed by atoms with Crippen molar-refractivity contribution in [3.8, 4) is 0 Å². The van der Waals surface area contributed by atoms with Gasteiger partial charge in [-0.25, -0.2) is 0 Å². The Morgan fingerprint density at radius 3 is 2.46 bits per heavy atom. The van der Waals surface area contributed by atoms with Crippen LogP contribution in [0.25, 0.3) is 0 Å². The summed E-state index contributed by atoms with van der Waals surface area (Å²) < 4.78 is 5.57. The number of rotatable bonds is 7. The molecular weight excluding hydrogens is 487 g/mol. The molecule has 0 radical (unpaired) electrons. The van der Waals surface area contributed by atoms with E-state index in [9.17, 15) is 0 Å². The Labute approximate surface area is 191 Å². The molecule has 7 heteroatoms. The molecule has 158 valence electrons. The number of hydrogen-bond donors (Lipinski definition) is 2. The molecule has 0 bridgehead atoms. The molecule has 3 rings (SSSR count). The topological polar surface area (TPSA) is 48.9 Å². The first-order valence-electron chi connectivity index (χ1n) is 10.0. The summed E-state index contributed by atoms with van der Waals surface area (Å²) in [5.41, 5.74) is 1.61. The molecule has 1 saturated heterocycles. The van der Waals surface area contributed by atoms with E-state index in [1.54, 1.807) is 0 Å². The first-order valence-corrected chi connectivity index (χ1v) is 10.4. The molecule has 1 aromatic rings. The van der Waals surface area contributed by atoms with Gasteiger partial charge in [-0.15, -0.1) is 24.0 Å². The highest BCUT2D eigenvalue weighted by Gasteiger charge is 2.44. The summed E-state index contributed by atoms with van der Waals surface area (Å²) in [6.45, 7) is 6.26. The van der Waals surface area contributed by atoms with Crippen LogP contribution in [0.1, 0.15) is 38.2 Å². The number of ether oxygens (including phenoxy) is 1. The summed E-state index contributed by atoms with van der Waals surface area (Å²) in [6.07, 6.45) is 4.43. The molecule has 0 unspecified atom stereocenters.